The van der Waals surface area contributed by atoms with Gasteiger partial charge in [0, 0.05) is 22.6 Å². The van der Waals surface area contributed by atoms with E-state index < -0.39 is 0 Å². The lowest BCUT2D eigenvalue weighted by Gasteiger charge is -2.16. The minimum Gasteiger partial charge on any atom is -0.494 e. The van der Waals surface area contributed by atoms with E-state index in [9.17, 15) is 0 Å². The Balaban J connectivity index is 2.01. The van der Waals surface area contributed by atoms with Crippen molar-refractivity contribution in [1.29, 1.82) is 0 Å². The third-order valence-electron chi connectivity index (χ3n) is 3.22. The van der Waals surface area contributed by atoms with Crippen LogP contribution in [0.25, 0.3) is 0 Å². The van der Waals surface area contributed by atoms with E-state index in [1.807, 2.05) is 31.2 Å². The molecule has 0 aliphatic rings. The van der Waals surface area contributed by atoms with E-state index in [1.54, 1.807) is 0 Å². The van der Waals surface area contributed by atoms with E-state index in [0.29, 0.717) is 12.6 Å². The summed E-state index contributed by atoms with van der Waals surface area (Å²) in [4.78, 5) is 0. The summed E-state index contributed by atoms with van der Waals surface area (Å²) >= 11 is 3.51. The van der Waals surface area contributed by atoms with Crippen molar-refractivity contribution in [2.24, 2.45) is 0 Å². The summed E-state index contributed by atoms with van der Waals surface area (Å²) in [7, 11) is 0. The molecule has 2 rings (SSSR count). The third kappa shape index (κ3) is 4.09. The van der Waals surface area contributed by atoms with Gasteiger partial charge in [0.1, 0.15) is 5.75 Å². The number of para-hydroxylation sites is 1. The Kier molecular flexibility index (Phi) is 5.62. The van der Waals surface area contributed by atoms with Gasteiger partial charge < -0.3 is 10.1 Å². The van der Waals surface area contributed by atoms with Crippen LogP contribution >= 0.6 is 15.9 Å². The molecular formula is C17H20BrNO. The first kappa shape index (κ1) is 15.1. The van der Waals surface area contributed by atoms with Gasteiger partial charge in [0.2, 0.25) is 0 Å². The fraction of sp³-hybridized carbons (Fsp3) is 0.294. The molecule has 2 aromatic carbocycles. The van der Waals surface area contributed by atoms with Crippen LogP contribution < -0.4 is 10.1 Å². The maximum absolute atomic E-state index is 5.65. The van der Waals surface area contributed by atoms with Crippen LogP contribution in [0.4, 0.5) is 0 Å². The largest absolute Gasteiger partial charge is 0.494 e. The molecule has 0 bridgehead atoms. The molecule has 0 fully saturated rings. The highest BCUT2D eigenvalue weighted by molar-refractivity contribution is 9.10. The number of benzene rings is 2. The Morgan fingerprint density at radius 3 is 2.70 bits per heavy atom. The summed E-state index contributed by atoms with van der Waals surface area (Å²) in [5, 5.41) is 3.54. The normalized spacial score (nSPS) is 12.2. The van der Waals surface area contributed by atoms with Gasteiger partial charge in [0.15, 0.2) is 0 Å². The van der Waals surface area contributed by atoms with Crippen molar-refractivity contribution < 1.29 is 4.74 Å². The van der Waals surface area contributed by atoms with Crippen molar-refractivity contribution in [1.82, 2.24) is 5.32 Å². The van der Waals surface area contributed by atoms with Gasteiger partial charge in [0.25, 0.3) is 0 Å². The highest BCUT2D eigenvalue weighted by atomic mass is 79.9. The second-order valence-electron chi connectivity index (χ2n) is 4.70. The number of ether oxygens (including phenoxy) is 1. The summed E-state index contributed by atoms with van der Waals surface area (Å²) in [6, 6.07) is 16.9. The monoisotopic (exact) mass is 333 g/mol. The first-order valence-electron chi connectivity index (χ1n) is 6.90. The molecule has 1 N–H and O–H groups in total. The van der Waals surface area contributed by atoms with Crippen molar-refractivity contribution in [2.45, 2.75) is 26.4 Å². The van der Waals surface area contributed by atoms with Gasteiger partial charge in [-0.2, -0.15) is 0 Å². The minimum absolute atomic E-state index is 0.294. The number of hydrogen-bond acceptors (Lipinski definition) is 2. The van der Waals surface area contributed by atoms with E-state index in [2.05, 4.69) is 52.4 Å². The standard InChI is InChI=1S/C17H20BrNO/c1-3-20-17-10-5-4-7-15(17)12-19-13(2)14-8-6-9-16(18)11-14/h4-11,13,19H,3,12H2,1-2H3. The van der Waals surface area contributed by atoms with Gasteiger partial charge >= 0.3 is 0 Å². The zero-order valence-electron chi connectivity index (χ0n) is 11.9. The fourth-order valence-corrected chi connectivity index (χ4v) is 2.52. The lowest BCUT2D eigenvalue weighted by atomic mass is 10.1. The maximum Gasteiger partial charge on any atom is 0.123 e. The summed E-state index contributed by atoms with van der Waals surface area (Å²) in [5.41, 5.74) is 2.46. The van der Waals surface area contributed by atoms with Crippen molar-refractivity contribution in [3.63, 3.8) is 0 Å². The molecule has 3 heteroatoms. The molecule has 2 aromatic rings. The Morgan fingerprint density at radius 2 is 1.95 bits per heavy atom. The second kappa shape index (κ2) is 7.46. The highest BCUT2D eigenvalue weighted by Crippen LogP contribution is 2.21. The van der Waals surface area contributed by atoms with Gasteiger partial charge in [-0.3, -0.25) is 0 Å². The lowest BCUT2D eigenvalue weighted by Crippen LogP contribution is -2.18. The molecule has 0 aliphatic carbocycles. The number of nitrogens with one attached hydrogen (secondary N) is 1. The molecule has 0 heterocycles. The zero-order valence-corrected chi connectivity index (χ0v) is 13.5. The third-order valence-corrected chi connectivity index (χ3v) is 3.71. The van der Waals surface area contributed by atoms with Crippen LogP contribution in [0, 0.1) is 0 Å². The van der Waals surface area contributed by atoms with E-state index >= 15 is 0 Å². The predicted octanol–water partition coefficient (Wildman–Crippen LogP) is 4.70. The molecule has 0 amide bonds. The molecule has 0 aromatic heterocycles. The van der Waals surface area contributed by atoms with Crippen LogP contribution in [0.15, 0.2) is 53.0 Å². The minimum atomic E-state index is 0.294. The molecule has 0 saturated heterocycles. The molecule has 0 saturated carbocycles. The Morgan fingerprint density at radius 1 is 1.15 bits per heavy atom. The Labute approximate surface area is 129 Å². The topological polar surface area (TPSA) is 21.3 Å². The molecule has 2 nitrogen and oxygen atoms in total. The Bertz CT molecular complexity index is 556. The molecule has 1 atom stereocenters. The predicted molar refractivity (Wildman–Crippen MR) is 87.0 cm³/mol. The fourth-order valence-electron chi connectivity index (χ4n) is 2.10. The van der Waals surface area contributed by atoms with Gasteiger partial charge in [-0.1, -0.05) is 46.3 Å². The van der Waals surface area contributed by atoms with E-state index in [1.165, 1.54) is 11.1 Å². The average molecular weight is 334 g/mol. The van der Waals surface area contributed by atoms with Gasteiger partial charge in [-0.05, 0) is 37.6 Å². The zero-order chi connectivity index (χ0) is 14.4. The van der Waals surface area contributed by atoms with Crippen LogP contribution in [-0.4, -0.2) is 6.61 Å². The van der Waals surface area contributed by atoms with Gasteiger partial charge in [-0.15, -0.1) is 0 Å². The maximum atomic E-state index is 5.65. The smallest absolute Gasteiger partial charge is 0.123 e. The van der Waals surface area contributed by atoms with Crippen molar-refractivity contribution in [3.05, 3.63) is 64.1 Å². The quantitative estimate of drug-likeness (QED) is 0.827. The highest BCUT2D eigenvalue weighted by Gasteiger charge is 2.07. The Hall–Kier alpha value is -1.32. The number of hydrogen-bond donors (Lipinski definition) is 1. The molecule has 0 radical (unpaired) electrons. The molecule has 0 spiro atoms. The summed E-state index contributed by atoms with van der Waals surface area (Å²) in [6.07, 6.45) is 0. The van der Waals surface area contributed by atoms with Crippen molar-refractivity contribution >= 4 is 15.9 Å². The molecule has 0 aliphatic heterocycles. The van der Waals surface area contributed by atoms with E-state index in [4.69, 9.17) is 4.74 Å². The van der Waals surface area contributed by atoms with Crippen LogP contribution in [-0.2, 0) is 6.54 Å². The first-order chi connectivity index (χ1) is 9.70. The second-order valence-corrected chi connectivity index (χ2v) is 5.61. The van der Waals surface area contributed by atoms with E-state index in [0.717, 1.165) is 16.8 Å². The SMILES string of the molecule is CCOc1ccccc1CNC(C)c1cccc(Br)c1. The average Bonchev–Trinajstić information content (AvgIpc) is 2.46. The van der Waals surface area contributed by atoms with Gasteiger partial charge in [-0.25, -0.2) is 0 Å². The van der Waals surface area contributed by atoms with Crippen LogP contribution in [0.5, 0.6) is 5.75 Å². The van der Waals surface area contributed by atoms with Crippen molar-refractivity contribution in [3.8, 4) is 5.75 Å². The number of halogens is 1. The molecule has 1 unspecified atom stereocenters. The summed E-state index contributed by atoms with van der Waals surface area (Å²) < 4.78 is 6.76. The summed E-state index contributed by atoms with van der Waals surface area (Å²) in [6.45, 7) is 5.67. The summed E-state index contributed by atoms with van der Waals surface area (Å²) in [5.74, 6) is 0.962. The first-order valence-corrected chi connectivity index (χ1v) is 7.69. The van der Waals surface area contributed by atoms with E-state index in [-0.39, 0.29) is 0 Å². The molecule has 20 heavy (non-hydrogen) atoms. The van der Waals surface area contributed by atoms with Crippen LogP contribution in [0.2, 0.25) is 0 Å². The van der Waals surface area contributed by atoms with Gasteiger partial charge in [0.05, 0.1) is 6.61 Å². The molecule has 106 valence electrons. The number of rotatable bonds is 6. The van der Waals surface area contributed by atoms with Crippen molar-refractivity contribution in [2.75, 3.05) is 6.61 Å². The van der Waals surface area contributed by atoms with Crippen LogP contribution in [0.1, 0.15) is 31.0 Å². The lowest BCUT2D eigenvalue weighted by molar-refractivity contribution is 0.335. The molecular weight excluding hydrogens is 314 g/mol. The van der Waals surface area contributed by atoms with Crippen LogP contribution in [0.3, 0.4) is 0 Å².